The Kier molecular flexibility index (Phi) is 13.3. The van der Waals surface area contributed by atoms with Crippen molar-refractivity contribution in [1.29, 1.82) is 0 Å². The minimum Gasteiger partial charge on any atom is -1.00 e. The van der Waals surface area contributed by atoms with Gasteiger partial charge in [-0.3, -0.25) is 4.79 Å². The zero-order valence-electron chi connectivity index (χ0n) is 8.43. The molecule has 0 rings (SSSR count). The van der Waals surface area contributed by atoms with Gasteiger partial charge in [-0.15, -0.1) is 0 Å². The second kappa shape index (κ2) is 10.4. The summed E-state index contributed by atoms with van der Waals surface area (Å²) < 4.78 is 0. The van der Waals surface area contributed by atoms with Crippen LogP contribution in [0.4, 0.5) is 0 Å². The van der Waals surface area contributed by atoms with Crippen LogP contribution in [0.25, 0.3) is 0 Å². The van der Waals surface area contributed by atoms with E-state index in [4.69, 9.17) is 0 Å². The van der Waals surface area contributed by atoms with Gasteiger partial charge >= 0.3 is 35.5 Å². The van der Waals surface area contributed by atoms with E-state index in [-0.39, 0.29) is 37.0 Å². The van der Waals surface area contributed by atoms with Gasteiger partial charge in [-0.2, -0.15) is 5.90 Å². The molecule has 0 aromatic rings. The Morgan fingerprint density at radius 3 is 2.55 bits per heavy atom. The molecule has 2 N–H and O–H groups in total. The first-order valence-corrected chi connectivity index (χ1v) is 3.70. The number of rotatable bonds is 5. The molecule has 0 saturated heterocycles. The van der Waals surface area contributed by atoms with Gasteiger partial charge in [-0.05, 0) is 6.42 Å². The summed E-state index contributed by atoms with van der Waals surface area (Å²) in [6.07, 6.45) is 4.79. The fraction of sp³-hybridized carbons (Fsp3) is 0.857. The fourth-order valence-corrected chi connectivity index (χ4v) is 0.755. The normalized spacial score (nSPS) is 8.55. The molecule has 0 heterocycles. The minimum absolute atomic E-state index is 0. The fourth-order valence-electron chi connectivity index (χ4n) is 0.755. The summed E-state index contributed by atoms with van der Waals surface area (Å²) in [5.74, 6) is 4.33. The third-order valence-corrected chi connectivity index (χ3v) is 1.37. The van der Waals surface area contributed by atoms with E-state index in [0.717, 1.165) is 12.8 Å². The Morgan fingerprint density at radius 1 is 1.45 bits per heavy atom. The average Bonchev–Trinajstić information content (AvgIpc) is 1.98. The SMILES string of the molecule is CCCCCCC(=O)ON.[H-].[Na+]. The van der Waals surface area contributed by atoms with Gasteiger partial charge in [0.2, 0.25) is 0 Å². The van der Waals surface area contributed by atoms with E-state index in [2.05, 4.69) is 17.7 Å². The Bertz CT molecular complexity index is 103. The molecular weight excluding hydrogens is 153 g/mol. The molecule has 0 aromatic heterocycles. The molecule has 0 fully saturated rings. The van der Waals surface area contributed by atoms with Crippen molar-refractivity contribution >= 4 is 5.97 Å². The number of carbonyl (C=O) groups excluding carboxylic acids is 1. The molecule has 0 aliphatic carbocycles. The molecule has 0 aliphatic heterocycles. The smallest absolute Gasteiger partial charge is 1.00 e. The summed E-state index contributed by atoms with van der Waals surface area (Å²) in [6.45, 7) is 2.13. The summed E-state index contributed by atoms with van der Waals surface area (Å²) >= 11 is 0. The molecule has 0 amide bonds. The van der Waals surface area contributed by atoms with Crippen molar-refractivity contribution in [2.24, 2.45) is 5.90 Å². The predicted octanol–water partition coefficient (Wildman–Crippen LogP) is -1.51. The molecule has 3 nitrogen and oxygen atoms in total. The van der Waals surface area contributed by atoms with Crippen LogP contribution in [0, 0.1) is 0 Å². The van der Waals surface area contributed by atoms with E-state index in [9.17, 15) is 4.79 Å². The second-order valence-corrected chi connectivity index (χ2v) is 2.30. The third kappa shape index (κ3) is 10.4. The molecule has 11 heavy (non-hydrogen) atoms. The molecule has 0 saturated carbocycles. The summed E-state index contributed by atoms with van der Waals surface area (Å²) in [5.41, 5.74) is 0. The van der Waals surface area contributed by atoms with Gasteiger partial charge in [0.1, 0.15) is 0 Å². The summed E-state index contributed by atoms with van der Waals surface area (Å²) in [7, 11) is 0. The molecule has 0 atom stereocenters. The number of unbranched alkanes of at least 4 members (excludes halogenated alkanes) is 3. The van der Waals surface area contributed by atoms with E-state index < -0.39 is 0 Å². The molecule has 62 valence electrons. The first-order chi connectivity index (χ1) is 4.81. The Labute approximate surface area is 91.4 Å². The first kappa shape index (κ1) is 14.0. The molecule has 0 bridgehead atoms. The number of hydrogen-bond donors (Lipinski definition) is 1. The summed E-state index contributed by atoms with van der Waals surface area (Å²) in [6, 6.07) is 0. The minimum atomic E-state index is -0.309. The topological polar surface area (TPSA) is 52.3 Å². The zero-order chi connectivity index (χ0) is 7.82. The second-order valence-electron chi connectivity index (χ2n) is 2.30. The molecule has 0 aromatic carbocycles. The van der Waals surface area contributed by atoms with Gasteiger partial charge in [0, 0.05) is 6.42 Å². The average molecular weight is 169 g/mol. The summed E-state index contributed by atoms with van der Waals surface area (Å²) in [4.78, 5) is 14.4. The van der Waals surface area contributed by atoms with E-state index in [0.29, 0.717) is 6.42 Å². The standard InChI is InChI=1S/C7H15NO2.Na.H/c1-2-3-4-5-6-7(9)10-8;;/h2-6,8H2,1H3;;/q;+1;-1. The van der Waals surface area contributed by atoms with Crippen LogP contribution in [0.3, 0.4) is 0 Å². The van der Waals surface area contributed by atoms with E-state index in [1.54, 1.807) is 0 Å². The van der Waals surface area contributed by atoms with Gasteiger partial charge in [0.15, 0.2) is 0 Å². The largest absolute Gasteiger partial charge is 1.00 e. The van der Waals surface area contributed by atoms with Crippen LogP contribution < -0.4 is 35.5 Å². The van der Waals surface area contributed by atoms with Crippen molar-refractivity contribution in [1.82, 2.24) is 0 Å². The van der Waals surface area contributed by atoms with Crippen molar-refractivity contribution < 1.29 is 40.6 Å². The first-order valence-electron chi connectivity index (χ1n) is 3.70. The van der Waals surface area contributed by atoms with E-state index in [1.807, 2.05) is 0 Å². The van der Waals surface area contributed by atoms with Crippen molar-refractivity contribution in [3.8, 4) is 0 Å². The van der Waals surface area contributed by atoms with Crippen LogP contribution in [0.15, 0.2) is 0 Å². The molecular formula is C7H16NNaO2. The zero-order valence-corrected chi connectivity index (χ0v) is 9.43. The maximum Gasteiger partial charge on any atom is 1.00 e. The molecule has 0 radical (unpaired) electrons. The van der Waals surface area contributed by atoms with Gasteiger partial charge in [-0.1, -0.05) is 26.2 Å². The van der Waals surface area contributed by atoms with Crippen LogP contribution in [0.5, 0.6) is 0 Å². The van der Waals surface area contributed by atoms with Crippen LogP contribution in [-0.2, 0) is 9.63 Å². The third-order valence-electron chi connectivity index (χ3n) is 1.37. The maximum atomic E-state index is 10.4. The van der Waals surface area contributed by atoms with Crippen LogP contribution >= 0.6 is 0 Å². The Morgan fingerprint density at radius 2 is 2.09 bits per heavy atom. The number of hydrogen-bond acceptors (Lipinski definition) is 3. The van der Waals surface area contributed by atoms with Gasteiger partial charge < -0.3 is 6.26 Å². The molecule has 0 spiro atoms. The van der Waals surface area contributed by atoms with E-state index in [1.165, 1.54) is 12.8 Å². The molecule has 4 heteroatoms. The van der Waals surface area contributed by atoms with E-state index >= 15 is 0 Å². The molecule has 0 aliphatic rings. The number of nitrogens with two attached hydrogens (primary N) is 1. The van der Waals surface area contributed by atoms with Crippen molar-refractivity contribution in [2.75, 3.05) is 0 Å². The Balaban J connectivity index is -0.000000405. The van der Waals surface area contributed by atoms with Gasteiger partial charge in [0.05, 0.1) is 0 Å². The van der Waals surface area contributed by atoms with Crippen LogP contribution in [0.2, 0.25) is 0 Å². The van der Waals surface area contributed by atoms with Crippen molar-refractivity contribution in [3.05, 3.63) is 0 Å². The summed E-state index contributed by atoms with van der Waals surface area (Å²) in [5, 5.41) is 0. The van der Waals surface area contributed by atoms with Crippen LogP contribution in [-0.4, -0.2) is 5.97 Å². The maximum absolute atomic E-state index is 10.4. The van der Waals surface area contributed by atoms with Crippen LogP contribution in [0.1, 0.15) is 40.5 Å². The number of carbonyl (C=O) groups is 1. The molecule has 0 unspecified atom stereocenters. The van der Waals surface area contributed by atoms with Gasteiger partial charge in [0.25, 0.3) is 0 Å². The Hall–Kier alpha value is 0.430. The quantitative estimate of drug-likeness (QED) is 0.309. The van der Waals surface area contributed by atoms with Crippen molar-refractivity contribution in [2.45, 2.75) is 39.0 Å². The van der Waals surface area contributed by atoms with Gasteiger partial charge in [-0.25, -0.2) is 0 Å². The monoisotopic (exact) mass is 169 g/mol. The predicted molar refractivity (Wildman–Crippen MR) is 40.2 cm³/mol. The van der Waals surface area contributed by atoms with Crippen molar-refractivity contribution in [3.63, 3.8) is 0 Å².